The van der Waals surface area contributed by atoms with Crippen LogP contribution < -0.4 is 51.4 Å². The van der Waals surface area contributed by atoms with Crippen LogP contribution in [0.5, 0.6) is 0 Å². The van der Waals surface area contributed by atoms with E-state index < -0.39 is 0 Å². The average Bonchev–Trinajstić information content (AvgIpc) is 1.89. The summed E-state index contributed by atoms with van der Waals surface area (Å²) in [5.74, 6) is 0.898. The van der Waals surface area contributed by atoms with Crippen LogP contribution in [0.4, 0.5) is 0 Å². The molecule has 1 atom stereocenters. The molecule has 1 heteroatoms. The average molecular weight is 247 g/mol. The minimum atomic E-state index is 0. The van der Waals surface area contributed by atoms with Crippen molar-refractivity contribution in [1.29, 1.82) is 0 Å². The van der Waals surface area contributed by atoms with Crippen LogP contribution in [-0.2, 0) is 0 Å². The Kier molecular flexibility index (Phi) is 108. The first-order valence-electron chi connectivity index (χ1n) is 5.04. The zero-order chi connectivity index (χ0) is 9.28. The molecular weight excluding hydrogens is 207 g/mol. The molecule has 96 valence electrons. The van der Waals surface area contributed by atoms with Crippen LogP contribution in [0.2, 0.25) is 0 Å². The number of hydrogen-bond acceptors (Lipinski definition) is 0. The Hall–Kier alpha value is 1.64. The third-order valence-corrected chi connectivity index (χ3v) is 1.27. The fourth-order valence-corrected chi connectivity index (χ4v) is 0.577. The van der Waals surface area contributed by atoms with Crippen molar-refractivity contribution in [3.05, 3.63) is 14.9 Å². The van der Waals surface area contributed by atoms with E-state index in [2.05, 4.69) is 20.8 Å². The maximum atomic E-state index is 6.83. The van der Waals surface area contributed by atoms with Crippen molar-refractivity contribution in [2.75, 3.05) is 0 Å². The monoisotopic (exact) mass is 246 g/mol. The van der Waals surface area contributed by atoms with E-state index in [-0.39, 0.29) is 87.5 Å². The zero-order valence-corrected chi connectivity index (χ0v) is 14.4. The molecule has 15 heavy (non-hydrogen) atoms. The Morgan fingerprint density at radius 2 is 1.20 bits per heavy atom. The van der Waals surface area contributed by atoms with Gasteiger partial charge in [0.15, 0.2) is 0 Å². The van der Waals surface area contributed by atoms with Crippen LogP contribution in [0.15, 0.2) is 0 Å². The normalized spacial score (nSPS) is 9.07. The minimum absolute atomic E-state index is 0. The van der Waals surface area contributed by atoms with Gasteiger partial charge in [0.1, 0.15) is 0 Å². The molecule has 0 aromatic carbocycles. The maximum Gasteiger partial charge on any atom is 1.00 e. The Morgan fingerprint density at radius 3 is 1.20 bits per heavy atom. The van der Waals surface area contributed by atoms with Crippen molar-refractivity contribution in [1.82, 2.24) is 0 Å². The molecule has 0 spiro atoms. The van der Waals surface area contributed by atoms with Gasteiger partial charge in [-0.2, -0.15) is 0 Å². The molecule has 0 saturated carbocycles. The summed E-state index contributed by atoms with van der Waals surface area (Å²) in [6.07, 6.45) is 3.81. The Balaban J connectivity index is -0.0000000155. The second-order valence-electron chi connectivity index (χ2n) is 3.00. The van der Waals surface area contributed by atoms with Gasteiger partial charge < -0.3 is 14.9 Å². The van der Waals surface area contributed by atoms with E-state index in [1.807, 2.05) is 13.8 Å². The summed E-state index contributed by atoms with van der Waals surface area (Å²) in [6.45, 7) is 10.6. The maximum absolute atomic E-state index is 6.83. The van der Waals surface area contributed by atoms with Crippen molar-refractivity contribution in [2.24, 2.45) is 5.92 Å². The van der Waals surface area contributed by atoms with Crippen LogP contribution in [-0.4, -0.2) is 0 Å². The summed E-state index contributed by atoms with van der Waals surface area (Å²) in [6, 6.07) is 0. The van der Waals surface area contributed by atoms with Gasteiger partial charge in [-0.25, -0.2) is 0 Å². The first-order chi connectivity index (χ1) is 5.04. The van der Waals surface area contributed by atoms with Crippen molar-refractivity contribution in [3.63, 3.8) is 0 Å². The van der Waals surface area contributed by atoms with E-state index in [1.54, 1.807) is 0 Å². The minimum Gasteiger partial charge on any atom is -0.358 e. The van der Waals surface area contributed by atoms with Gasteiger partial charge in [-0.1, -0.05) is 75.1 Å². The van der Waals surface area contributed by atoms with Gasteiger partial charge in [-0.3, -0.25) is 0 Å². The Bertz CT molecular complexity index is 63.8. The summed E-state index contributed by atoms with van der Waals surface area (Å²) in [7, 11) is 0. The standard InChI is InChI=1S/C6H14.C4H10.2CH4.2CH3.K/c1-4-5-6(2)3;1-3-4-2;;;;;/h6H,4-5H2,1-3H3;3-4H2,1-2H3;2*1H4;2*1H3;/q;;;;2*-1;+1/i;3D;;;;;. The van der Waals surface area contributed by atoms with Crippen LogP contribution >= 0.6 is 0 Å². The Morgan fingerprint density at radius 1 is 0.933 bits per heavy atom. The summed E-state index contributed by atoms with van der Waals surface area (Å²) in [5.41, 5.74) is 0. The molecule has 0 bridgehead atoms. The molecule has 1 unspecified atom stereocenters. The molecular formula is C14H38K-. The molecule has 0 heterocycles. The summed E-state index contributed by atoms with van der Waals surface area (Å²) in [5, 5.41) is 0. The van der Waals surface area contributed by atoms with E-state index in [0.29, 0.717) is 0 Å². The van der Waals surface area contributed by atoms with Crippen molar-refractivity contribution in [3.8, 4) is 0 Å². The third-order valence-electron chi connectivity index (χ3n) is 1.27. The molecule has 0 aliphatic carbocycles. The first-order valence-corrected chi connectivity index (χ1v) is 4.46. The van der Waals surface area contributed by atoms with E-state index >= 15 is 0 Å². The number of hydrogen-bond donors (Lipinski definition) is 0. The molecule has 0 aromatic rings. The predicted molar refractivity (Wildman–Crippen MR) is 76.6 cm³/mol. The molecule has 0 saturated heterocycles. The van der Waals surface area contributed by atoms with Gasteiger partial charge in [0.2, 0.25) is 0 Å². The van der Waals surface area contributed by atoms with Crippen molar-refractivity contribution >= 4 is 0 Å². The molecule has 0 radical (unpaired) electrons. The molecule has 0 amide bonds. The third kappa shape index (κ3) is 91.5. The van der Waals surface area contributed by atoms with Gasteiger partial charge in [-0.05, 0) is 5.92 Å². The van der Waals surface area contributed by atoms with Crippen LogP contribution in [0, 0.1) is 20.8 Å². The predicted octanol–water partition coefficient (Wildman–Crippen LogP) is 3.43. The Labute approximate surface area is 147 Å². The summed E-state index contributed by atoms with van der Waals surface area (Å²) >= 11 is 0. The van der Waals surface area contributed by atoms with E-state index in [1.165, 1.54) is 12.8 Å². The molecule has 0 nitrogen and oxygen atoms in total. The molecule has 0 aromatic heterocycles. The van der Waals surface area contributed by atoms with Gasteiger partial charge >= 0.3 is 51.4 Å². The fourth-order valence-electron chi connectivity index (χ4n) is 0.577. The zero-order valence-electron chi connectivity index (χ0n) is 12.3. The molecule has 0 fully saturated rings. The second-order valence-corrected chi connectivity index (χ2v) is 3.00. The summed E-state index contributed by atoms with van der Waals surface area (Å²) < 4.78 is 6.83. The fraction of sp³-hybridized carbons (Fsp3) is 0.857. The second kappa shape index (κ2) is 44.9. The smallest absolute Gasteiger partial charge is 0.358 e. The molecule has 0 N–H and O–H groups in total. The van der Waals surface area contributed by atoms with E-state index in [4.69, 9.17) is 1.37 Å². The van der Waals surface area contributed by atoms with Crippen molar-refractivity contribution in [2.45, 2.75) is 75.1 Å². The van der Waals surface area contributed by atoms with Gasteiger partial charge in [0.05, 0.1) is 0 Å². The van der Waals surface area contributed by atoms with E-state index in [0.717, 1.165) is 12.3 Å². The molecule has 0 rings (SSSR count). The summed E-state index contributed by atoms with van der Waals surface area (Å²) in [4.78, 5) is 0. The largest absolute Gasteiger partial charge is 1.00 e. The quantitative estimate of drug-likeness (QED) is 0.529. The SMILES string of the molecule is C.C.CCCC(C)C.[2H]C(C)CC.[CH3-].[CH3-].[K+]. The van der Waals surface area contributed by atoms with Crippen LogP contribution in [0.3, 0.4) is 0 Å². The van der Waals surface area contributed by atoms with Gasteiger partial charge in [0.25, 0.3) is 0 Å². The van der Waals surface area contributed by atoms with Gasteiger partial charge in [-0.15, -0.1) is 0 Å². The first kappa shape index (κ1) is 36.0. The van der Waals surface area contributed by atoms with Crippen LogP contribution in [0.1, 0.15) is 76.5 Å². The molecule has 0 aliphatic heterocycles. The van der Waals surface area contributed by atoms with Crippen LogP contribution in [0.25, 0.3) is 0 Å². The van der Waals surface area contributed by atoms with E-state index in [9.17, 15) is 0 Å². The topological polar surface area (TPSA) is 0 Å². The molecule has 0 aliphatic rings. The number of rotatable bonds is 3. The van der Waals surface area contributed by atoms with Crippen molar-refractivity contribution < 1.29 is 52.8 Å². The van der Waals surface area contributed by atoms with Gasteiger partial charge in [0, 0.05) is 1.37 Å².